The Labute approximate surface area is 195 Å². The minimum atomic E-state index is -0.833. The molecule has 0 fully saturated rings. The van der Waals surface area contributed by atoms with E-state index < -0.39 is 11.9 Å². The number of carbonyl (C=O) groups is 3. The summed E-state index contributed by atoms with van der Waals surface area (Å²) < 4.78 is 5.10. The predicted octanol–water partition coefficient (Wildman–Crippen LogP) is 5.18. The quantitative estimate of drug-likeness (QED) is 0.181. The van der Waals surface area contributed by atoms with Crippen LogP contribution in [-0.2, 0) is 14.4 Å². The van der Waals surface area contributed by atoms with Crippen LogP contribution in [0.25, 0.3) is 32.7 Å². The number of esters is 1. The summed E-state index contributed by atoms with van der Waals surface area (Å²) in [6.45, 7) is 3.53. The second-order valence-corrected chi connectivity index (χ2v) is 7.16. The largest absolute Gasteiger partial charge is 0.508 e. The Morgan fingerprint density at radius 3 is 1.71 bits per heavy atom. The minimum absolute atomic E-state index is 0.0965. The molecule has 8 heteroatoms. The highest BCUT2D eigenvalue weighted by Crippen LogP contribution is 2.43. The van der Waals surface area contributed by atoms with E-state index in [4.69, 9.17) is 24.5 Å². The van der Waals surface area contributed by atoms with Gasteiger partial charge in [-0.2, -0.15) is 0 Å². The van der Waals surface area contributed by atoms with Gasteiger partial charge in [-0.15, -0.1) is 0 Å². The first-order valence-electron chi connectivity index (χ1n) is 10.1. The molecule has 0 heterocycles. The number of carbonyl (C=O) groups excluding carboxylic acids is 1. The molecule has 0 saturated carbocycles. The van der Waals surface area contributed by atoms with Gasteiger partial charge in [-0.05, 0) is 52.2 Å². The average molecular weight is 464 g/mol. The predicted molar refractivity (Wildman–Crippen MR) is 128 cm³/mol. The van der Waals surface area contributed by atoms with E-state index in [9.17, 15) is 15.0 Å². The standard InChI is InChI=1S/C22H16O4.2C2H4O2/c1-13(23)26-16-9-6-14(7-10-16)21-17-4-2-3-5-19(17)22(25)20-12-15(24)8-11-18(20)21;2*1-2(3)4/h2-12,24-25H,1H3;2*1H3,(H,3,4). The molecule has 0 aromatic heterocycles. The molecule has 0 atom stereocenters. The molecule has 0 aliphatic carbocycles. The third-order valence-corrected chi connectivity index (χ3v) is 4.38. The lowest BCUT2D eigenvalue weighted by Gasteiger charge is -2.14. The van der Waals surface area contributed by atoms with Crippen molar-refractivity contribution >= 4 is 39.5 Å². The van der Waals surface area contributed by atoms with Gasteiger partial charge in [0.2, 0.25) is 0 Å². The lowest BCUT2D eigenvalue weighted by Crippen LogP contribution is -2.00. The Morgan fingerprint density at radius 1 is 0.676 bits per heavy atom. The molecular weight excluding hydrogens is 440 g/mol. The molecule has 0 radical (unpaired) electrons. The molecule has 176 valence electrons. The Kier molecular flexibility index (Phi) is 8.55. The number of phenolic OH excluding ortho intramolecular Hbond substituents is 2. The minimum Gasteiger partial charge on any atom is -0.508 e. The van der Waals surface area contributed by atoms with Crippen LogP contribution in [0.2, 0.25) is 0 Å². The summed E-state index contributed by atoms with van der Waals surface area (Å²) in [5.74, 6) is -1.31. The van der Waals surface area contributed by atoms with E-state index in [1.54, 1.807) is 30.3 Å². The van der Waals surface area contributed by atoms with Gasteiger partial charge < -0.3 is 25.2 Å². The van der Waals surface area contributed by atoms with Crippen molar-refractivity contribution in [3.8, 4) is 28.4 Å². The Hall–Kier alpha value is -4.59. The smallest absolute Gasteiger partial charge is 0.308 e. The number of phenols is 2. The summed E-state index contributed by atoms with van der Waals surface area (Å²) in [4.78, 5) is 29.1. The van der Waals surface area contributed by atoms with Gasteiger partial charge in [0.1, 0.15) is 17.2 Å². The first-order valence-corrected chi connectivity index (χ1v) is 10.1. The molecule has 0 unspecified atom stereocenters. The number of hydrogen-bond acceptors (Lipinski definition) is 6. The van der Waals surface area contributed by atoms with Crippen LogP contribution in [-0.4, -0.2) is 38.3 Å². The number of hydrogen-bond donors (Lipinski definition) is 4. The zero-order chi connectivity index (χ0) is 25.4. The number of carboxylic acid groups (broad SMARTS) is 2. The van der Waals surface area contributed by atoms with Gasteiger partial charge in [0.15, 0.2) is 0 Å². The van der Waals surface area contributed by atoms with Crippen LogP contribution >= 0.6 is 0 Å². The molecule has 4 rings (SSSR count). The molecule has 4 N–H and O–H groups in total. The van der Waals surface area contributed by atoms with Gasteiger partial charge in [0, 0.05) is 31.5 Å². The highest BCUT2D eigenvalue weighted by molar-refractivity contribution is 6.16. The van der Waals surface area contributed by atoms with Gasteiger partial charge in [0.25, 0.3) is 11.9 Å². The zero-order valence-electron chi connectivity index (χ0n) is 18.8. The number of fused-ring (bicyclic) bond motifs is 2. The zero-order valence-corrected chi connectivity index (χ0v) is 18.8. The molecule has 0 saturated heterocycles. The number of ether oxygens (including phenoxy) is 1. The van der Waals surface area contributed by atoms with Crippen LogP contribution in [0.15, 0.2) is 66.7 Å². The summed E-state index contributed by atoms with van der Waals surface area (Å²) in [6.07, 6.45) is 0. The van der Waals surface area contributed by atoms with Crippen molar-refractivity contribution in [2.45, 2.75) is 20.8 Å². The highest BCUT2D eigenvalue weighted by Gasteiger charge is 2.15. The lowest BCUT2D eigenvalue weighted by atomic mass is 9.91. The summed E-state index contributed by atoms with van der Waals surface area (Å²) >= 11 is 0. The van der Waals surface area contributed by atoms with Crippen molar-refractivity contribution < 1.29 is 39.5 Å². The molecule has 0 amide bonds. The van der Waals surface area contributed by atoms with Gasteiger partial charge in [-0.3, -0.25) is 14.4 Å². The van der Waals surface area contributed by atoms with Crippen molar-refractivity contribution in [1.82, 2.24) is 0 Å². The SMILES string of the molecule is CC(=O)O.CC(=O)O.CC(=O)Oc1ccc(-c2c3ccccc3c(O)c3cc(O)ccc23)cc1. The van der Waals surface area contributed by atoms with E-state index in [2.05, 4.69) is 0 Å². The van der Waals surface area contributed by atoms with Gasteiger partial charge in [-0.1, -0.05) is 36.4 Å². The lowest BCUT2D eigenvalue weighted by molar-refractivity contribution is -0.135. The van der Waals surface area contributed by atoms with Crippen molar-refractivity contribution in [3.63, 3.8) is 0 Å². The van der Waals surface area contributed by atoms with Gasteiger partial charge in [0.05, 0.1) is 0 Å². The number of aromatic hydroxyl groups is 2. The normalized spacial score (nSPS) is 9.85. The Morgan fingerprint density at radius 2 is 1.18 bits per heavy atom. The summed E-state index contributed by atoms with van der Waals surface area (Å²) in [7, 11) is 0. The summed E-state index contributed by atoms with van der Waals surface area (Å²) in [6, 6.07) is 19.8. The van der Waals surface area contributed by atoms with Gasteiger partial charge in [-0.25, -0.2) is 0 Å². The molecular formula is C26H24O8. The van der Waals surface area contributed by atoms with E-state index in [0.717, 1.165) is 35.7 Å². The van der Waals surface area contributed by atoms with E-state index in [0.29, 0.717) is 16.5 Å². The van der Waals surface area contributed by atoms with Crippen molar-refractivity contribution in [2.75, 3.05) is 0 Å². The van der Waals surface area contributed by atoms with Gasteiger partial charge >= 0.3 is 5.97 Å². The molecule has 4 aromatic carbocycles. The van der Waals surface area contributed by atoms with E-state index in [1.165, 1.54) is 6.92 Å². The van der Waals surface area contributed by atoms with Crippen molar-refractivity contribution in [2.24, 2.45) is 0 Å². The fourth-order valence-electron chi connectivity index (χ4n) is 3.31. The van der Waals surface area contributed by atoms with Crippen molar-refractivity contribution in [3.05, 3.63) is 66.7 Å². The fraction of sp³-hybridized carbons (Fsp3) is 0.115. The topological polar surface area (TPSA) is 141 Å². The molecule has 4 aromatic rings. The second kappa shape index (κ2) is 11.3. The molecule has 0 bridgehead atoms. The fourth-order valence-corrected chi connectivity index (χ4v) is 3.31. The van der Waals surface area contributed by atoms with Crippen molar-refractivity contribution in [1.29, 1.82) is 0 Å². The summed E-state index contributed by atoms with van der Waals surface area (Å²) in [5, 5.41) is 38.4. The first kappa shape index (κ1) is 25.7. The number of rotatable bonds is 2. The molecule has 0 spiro atoms. The Balaban J connectivity index is 0.000000446. The number of benzene rings is 4. The van der Waals surface area contributed by atoms with Crippen LogP contribution in [0.3, 0.4) is 0 Å². The maximum atomic E-state index is 11.1. The molecule has 34 heavy (non-hydrogen) atoms. The molecule has 8 nitrogen and oxygen atoms in total. The van der Waals surface area contributed by atoms with Crippen LogP contribution < -0.4 is 4.74 Å². The third-order valence-electron chi connectivity index (χ3n) is 4.38. The van der Waals surface area contributed by atoms with E-state index >= 15 is 0 Å². The van der Waals surface area contributed by atoms with Crippen LogP contribution in [0, 0.1) is 0 Å². The first-order chi connectivity index (χ1) is 16.0. The maximum absolute atomic E-state index is 11.1. The second-order valence-electron chi connectivity index (χ2n) is 7.16. The summed E-state index contributed by atoms with van der Waals surface area (Å²) in [5.41, 5.74) is 1.87. The van der Waals surface area contributed by atoms with Crippen LogP contribution in [0.1, 0.15) is 20.8 Å². The highest BCUT2D eigenvalue weighted by atomic mass is 16.5. The number of carboxylic acids is 2. The van der Waals surface area contributed by atoms with Crippen LogP contribution in [0.4, 0.5) is 0 Å². The van der Waals surface area contributed by atoms with E-state index in [1.807, 2.05) is 36.4 Å². The monoisotopic (exact) mass is 464 g/mol. The third kappa shape index (κ3) is 6.70. The van der Waals surface area contributed by atoms with Crippen LogP contribution in [0.5, 0.6) is 17.2 Å². The average Bonchev–Trinajstić information content (AvgIpc) is 2.74. The van der Waals surface area contributed by atoms with E-state index in [-0.39, 0.29) is 17.5 Å². The maximum Gasteiger partial charge on any atom is 0.308 e. The number of aliphatic carboxylic acids is 2. The molecule has 0 aliphatic rings. The molecule has 0 aliphatic heterocycles. The Bertz CT molecular complexity index is 1320.